The molecule has 0 heterocycles. The first-order valence-corrected chi connectivity index (χ1v) is 7.56. The van der Waals surface area contributed by atoms with E-state index < -0.39 is 13.1 Å². The maximum absolute atomic E-state index is 11.9. The third kappa shape index (κ3) is 3.37. The molecule has 0 aliphatic rings. The van der Waals surface area contributed by atoms with Crippen molar-refractivity contribution in [1.82, 2.24) is 0 Å². The Kier molecular flexibility index (Phi) is 3.98. The minimum absolute atomic E-state index is 0.0849. The summed E-state index contributed by atoms with van der Waals surface area (Å²) in [5.41, 5.74) is 0.523. The van der Waals surface area contributed by atoms with Crippen LogP contribution in [0.1, 0.15) is 10.4 Å². The highest BCUT2D eigenvalue weighted by molar-refractivity contribution is 7.70. The molecule has 0 amide bonds. The highest BCUT2D eigenvalue weighted by atomic mass is 31.2. The monoisotopic (exact) mass is 251 g/mol. The number of benzene rings is 1. The molecule has 17 heavy (non-hydrogen) atoms. The molecule has 0 saturated carbocycles. The van der Waals surface area contributed by atoms with Crippen LogP contribution in [0.25, 0.3) is 0 Å². The van der Waals surface area contributed by atoms with Gasteiger partial charge in [-0.3, -0.25) is 0 Å². The summed E-state index contributed by atoms with van der Waals surface area (Å²) in [7, 11) is -2.46. The van der Waals surface area contributed by atoms with Gasteiger partial charge in [0.05, 0.1) is 12.1 Å². The van der Waals surface area contributed by atoms with Gasteiger partial charge >= 0.3 is 5.97 Å². The second kappa shape index (κ2) is 5.07. The number of aromatic carboxylic acids is 1. The van der Waals surface area contributed by atoms with E-state index in [0.717, 1.165) is 0 Å². The molecular weight excluding hydrogens is 237 g/mol. The summed E-state index contributed by atoms with van der Waals surface area (Å²) in [4.78, 5) is 11.1. The number of anilines is 1. The van der Waals surface area contributed by atoms with Gasteiger partial charge in [-0.05, 0) is 31.5 Å². The number of hydrogen-bond donors (Lipinski definition) is 2. The normalized spacial score (nSPS) is 10.6. The quantitative estimate of drug-likeness (QED) is 0.631. The van der Waals surface area contributed by atoms with E-state index in [2.05, 4.69) is 11.2 Å². The Morgan fingerprint density at radius 2 is 2.18 bits per heavy atom. The van der Waals surface area contributed by atoms with E-state index in [-0.39, 0.29) is 12.1 Å². The molecule has 0 atom stereocenters. The molecule has 0 aromatic heterocycles. The van der Waals surface area contributed by atoms with Gasteiger partial charge < -0.3 is 15.0 Å². The van der Waals surface area contributed by atoms with Gasteiger partial charge in [-0.15, -0.1) is 6.42 Å². The van der Waals surface area contributed by atoms with Crippen molar-refractivity contribution in [2.24, 2.45) is 0 Å². The van der Waals surface area contributed by atoms with Crippen molar-refractivity contribution in [3.05, 3.63) is 23.8 Å². The largest absolute Gasteiger partial charge is 0.478 e. The second-order valence-electron chi connectivity index (χ2n) is 3.94. The molecular formula is C12H14NO3P. The molecule has 0 bridgehead atoms. The fourth-order valence-corrected chi connectivity index (χ4v) is 2.22. The third-order valence-corrected chi connectivity index (χ3v) is 3.76. The van der Waals surface area contributed by atoms with E-state index in [1.54, 1.807) is 25.5 Å². The average Bonchev–Trinajstić information content (AvgIpc) is 2.24. The Bertz CT molecular complexity index is 525. The van der Waals surface area contributed by atoms with Crippen molar-refractivity contribution < 1.29 is 14.5 Å². The molecule has 5 heteroatoms. The Labute approximate surface area is 100 Å². The van der Waals surface area contributed by atoms with Crippen LogP contribution in [0.2, 0.25) is 0 Å². The fraction of sp³-hybridized carbons (Fsp3) is 0.250. The molecule has 90 valence electrons. The number of rotatable bonds is 4. The van der Waals surface area contributed by atoms with E-state index in [1.165, 1.54) is 6.07 Å². The SMILES string of the molecule is C#CCNc1ccc(P(C)(C)=O)cc1C(=O)O. The molecule has 0 aliphatic heterocycles. The average molecular weight is 251 g/mol. The molecule has 0 aliphatic carbocycles. The van der Waals surface area contributed by atoms with Crippen LogP contribution in [-0.4, -0.2) is 31.0 Å². The van der Waals surface area contributed by atoms with Gasteiger partial charge in [0.25, 0.3) is 0 Å². The second-order valence-corrected chi connectivity index (χ2v) is 7.16. The van der Waals surface area contributed by atoms with Crippen LogP contribution in [0.3, 0.4) is 0 Å². The zero-order valence-electron chi connectivity index (χ0n) is 9.73. The summed E-state index contributed by atoms with van der Waals surface area (Å²) in [5.74, 6) is 1.30. The maximum atomic E-state index is 11.9. The highest BCUT2D eigenvalue weighted by Crippen LogP contribution is 2.35. The smallest absolute Gasteiger partial charge is 0.337 e. The van der Waals surface area contributed by atoms with Crippen molar-refractivity contribution >= 4 is 24.1 Å². The number of carboxylic acid groups (broad SMARTS) is 1. The van der Waals surface area contributed by atoms with Crippen molar-refractivity contribution in [3.8, 4) is 12.3 Å². The van der Waals surface area contributed by atoms with Crippen LogP contribution < -0.4 is 10.6 Å². The maximum Gasteiger partial charge on any atom is 0.337 e. The Morgan fingerprint density at radius 3 is 2.65 bits per heavy atom. The zero-order valence-corrected chi connectivity index (χ0v) is 10.6. The lowest BCUT2D eigenvalue weighted by Crippen LogP contribution is -2.12. The molecule has 2 N–H and O–H groups in total. The fourth-order valence-electron chi connectivity index (χ4n) is 1.34. The molecule has 1 aromatic carbocycles. The van der Waals surface area contributed by atoms with Crippen molar-refractivity contribution in [2.75, 3.05) is 25.2 Å². The molecule has 1 rings (SSSR count). The topological polar surface area (TPSA) is 66.4 Å². The van der Waals surface area contributed by atoms with E-state index >= 15 is 0 Å². The molecule has 0 unspecified atom stereocenters. The van der Waals surface area contributed by atoms with Crippen molar-refractivity contribution in [1.29, 1.82) is 0 Å². The summed E-state index contributed by atoms with van der Waals surface area (Å²) in [6, 6.07) is 4.68. The number of terminal acetylenes is 1. The van der Waals surface area contributed by atoms with Crippen molar-refractivity contribution in [2.45, 2.75) is 0 Å². The van der Waals surface area contributed by atoms with E-state index in [9.17, 15) is 9.36 Å². The van der Waals surface area contributed by atoms with E-state index in [1.807, 2.05) is 0 Å². The highest BCUT2D eigenvalue weighted by Gasteiger charge is 2.16. The van der Waals surface area contributed by atoms with Gasteiger partial charge in [-0.2, -0.15) is 0 Å². The minimum Gasteiger partial charge on any atom is -0.478 e. The first kappa shape index (κ1) is 13.3. The number of carboxylic acids is 1. The van der Waals surface area contributed by atoms with Gasteiger partial charge in [0.1, 0.15) is 7.14 Å². The number of nitrogens with one attached hydrogen (secondary N) is 1. The van der Waals surface area contributed by atoms with Gasteiger partial charge in [-0.25, -0.2) is 4.79 Å². The molecule has 1 aromatic rings. The molecule has 0 spiro atoms. The zero-order chi connectivity index (χ0) is 13.1. The lowest BCUT2D eigenvalue weighted by atomic mass is 10.2. The lowest BCUT2D eigenvalue weighted by molar-refractivity contribution is 0.0698. The summed E-state index contributed by atoms with van der Waals surface area (Å²) < 4.78 is 11.9. The predicted octanol–water partition coefficient (Wildman–Crippen LogP) is 1.68. The Hall–Kier alpha value is -1.72. The van der Waals surface area contributed by atoms with Crippen molar-refractivity contribution in [3.63, 3.8) is 0 Å². The van der Waals surface area contributed by atoms with Crippen LogP contribution in [0, 0.1) is 12.3 Å². The van der Waals surface area contributed by atoms with Crippen LogP contribution in [0.15, 0.2) is 18.2 Å². The summed E-state index contributed by atoms with van der Waals surface area (Å²) in [5, 5.41) is 12.4. The van der Waals surface area contributed by atoms with Crippen LogP contribution >= 0.6 is 7.14 Å². The first-order valence-electron chi connectivity index (χ1n) is 4.96. The summed E-state index contributed by atoms with van der Waals surface area (Å²) >= 11 is 0. The lowest BCUT2D eigenvalue weighted by Gasteiger charge is -2.12. The Morgan fingerprint density at radius 1 is 1.53 bits per heavy atom. The van der Waals surface area contributed by atoms with Crippen LogP contribution in [0.5, 0.6) is 0 Å². The number of hydrogen-bond acceptors (Lipinski definition) is 3. The Balaban J connectivity index is 3.23. The summed E-state index contributed by atoms with van der Waals surface area (Å²) in [6.07, 6.45) is 5.10. The standard InChI is InChI=1S/C12H14NO3P/c1-4-7-13-11-6-5-9(17(2,3)16)8-10(11)12(14)15/h1,5-6,8,13H,7H2,2-3H3,(H,14,15). The van der Waals surface area contributed by atoms with Crippen LogP contribution in [-0.2, 0) is 4.57 Å². The molecule has 4 nitrogen and oxygen atoms in total. The number of carbonyl (C=O) groups is 1. The van der Waals surface area contributed by atoms with Gasteiger partial charge in [-0.1, -0.05) is 5.92 Å². The van der Waals surface area contributed by atoms with Gasteiger partial charge in [0.15, 0.2) is 0 Å². The van der Waals surface area contributed by atoms with E-state index in [0.29, 0.717) is 11.0 Å². The predicted molar refractivity (Wildman–Crippen MR) is 69.8 cm³/mol. The molecule has 0 fully saturated rings. The molecule has 0 radical (unpaired) electrons. The first-order chi connectivity index (χ1) is 7.86. The summed E-state index contributed by atoms with van der Waals surface area (Å²) in [6.45, 7) is 3.44. The van der Waals surface area contributed by atoms with Gasteiger partial charge in [0, 0.05) is 11.0 Å². The third-order valence-electron chi connectivity index (χ3n) is 2.24. The van der Waals surface area contributed by atoms with Gasteiger partial charge in [0.2, 0.25) is 0 Å². The minimum atomic E-state index is -2.46. The van der Waals surface area contributed by atoms with E-state index in [4.69, 9.17) is 11.5 Å². The van der Waals surface area contributed by atoms with Crippen LogP contribution in [0.4, 0.5) is 5.69 Å². The molecule has 0 saturated heterocycles.